The Balaban J connectivity index is 4.08. The zero-order chi connectivity index (χ0) is 19.0. The molecule has 5 heteroatoms. The molecule has 0 bridgehead atoms. The van der Waals surface area contributed by atoms with Crippen LogP contribution in [0.25, 0.3) is 18.2 Å². The van der Waals surface area contributed by atoms with Crippen molar-refractivity contribution in [3.8, 4) is 0 Å². The van der Waals surface area contributed by atoms with E-state index in [1.165, 1.54) is 0 Å². The second-order valence-electron chi connectivity index (χ2n) is 5.24. The van der Waals surface area contributed by atoms with Crippen molar-refractivity contribution in [1.29, 1.82) is 0 Å². The van der Waals surface area contributed by atoms with Crippen molar-refractivity contribution in [2.24, 2.45) is 9.98 Å². The summed E-state index contributed by atoms with van der Waals surface area (Å²) in [4.78, 5) is 9.03. The highest BCUT2D eigenvalue weighted by Crippen LogP contribution is 2.33. The van der Waals surface area contributed by atoms with Gasteiger partial charge in [-0.15, -0.1) is 5.47 Å². The normalized spacial score (nSPS) is 13.8. The maximum Gasteiger partial charge on any atom is 0.146 e. The molecule has 0 amide bonds. The van der Waals surface area contributed by atoms with E-state index >= 15 is 0 Å². The molecule has 1 heterocycles. The first-order valence-electron chi connectivity index (χ1n) is 8.04. The lowest BCUT2D eigenvalue weighted by atomic mass is 9.95. The maximum atomic E-state index is 5.95. The molecule has 25 heavy (non-hydrogen) atoms. The van der Waals surface area contributed by atoms with E-state index in [-0.39, 0.29) is 0 Å². The molecule has 0 aliphatic heterocycles. The average Bonchev–Trinajstić information content (AvgIpc) is 2.86. The standard InChI is InChI=1S/C20H23B2N3/c1-7-12-19(24-18(22)10-4)25-17(13-14(6)21)15(8-2)16(9-3)20(25)23-11-5/h7-13H,2-3H2,1,4-6H3/b12-7-,14-13+,18-10-,23-11?,24-19+. The molecule has 0 spiro atoms. The van der Waals surface area contributed by atoms with Gasteiger partial charge >= 0.3 is 0 Å². The third kappa shape index (κ3) is 4.72. The number of aliphatic imine (C=N–C) groups is 2. The number of allylic oxidation sites excluding steroid dienone is 4. The monoisotopic (exact) mass is 327 g/mol. The zero-order valence-electron chi connectivity index (χ0n) is 15.5. The second kappa shape index (κ2) is 9.67. The van der Waals surface area contributed by atoms with Gasteiger partial charge in [0.1, 0.15) is 27.3 Å². The summed E-state index contributed by atoms with van der Waals surface area (Å²) in [7, 11) is 11.9. The van der Waals surface area contributed by atoms with Crippen LogP contribution >= 0.6 is 0 Å². The van der Waals surface area contributed by atoms with Gasteiger partial charge in [-0.2, -0.15) is 0 Å². The maximum absolute atomic E-state index is 5.95. The van der Waals surface area contributed by atoms with E-state index in [9.17, 15) is 0 Å². The number of hydrogen-bond donors (Lipinski definition) is 0. The van der Waals surface area contributed by atoms with Crippen LogP contribution in [0.5, 0.6) is 0 Å². The second-order valence-corrected chi connectivity index (χ2v) is 5.24. The van der Waals surface area contributed by atoms with Crippen LogP contribution in [0.15, 0.2) is 52.4 Å². The van der Waals surface area contributed by atoms with Gasteiger partial charge in [0.2, 0.25) is 0 Å². The Bertz CT molecular complexity index is 799. The molecule has 0 saturated heterocycles. The van der Waals surface area contributed by atoms with Gasteiger partial charge < -0.3 is 0 Å². The molecule has 0 unspecified atom stereocenters. The van der Waals surface area contributed by atoms with E-state index in [4.69, 9.17) is 15.7 Å². The van der Waals surface area contributed by atoms with Crippen molar-refractivity contribution >= 4 is 51.8 Å². The molecule has 1 aromatic heterocycles. The average molecular weight is 327 g/mol. The van der Waals surface area contributed by atoms with E-state index < -0.39 is 0 Å². The predicted octanol–water partition coefficient (Wildman–Crippen LogP) is 4.88. The van der Waals surface area contributed by atoms with E-state index in [0.717, 1.165) is 16.8 Å². The summed E-state index contributed by atoms with van der Waals surface area (Å²) in [5.74, 6) is 1.32. The van der Waals surface area contributed by atoms with Crippen molar-refractivity contribution in [3.63, 3.8) is 0 Å². The molecular weight excluding hydrogens is 304 g/mol. The quantitative estimate of drug-likeness (QED) is 0.405. The van der Waals surface area contributed by atoms with Gasteiger partial charge in [0.05, 0.1) is 5.69 Å². The first kappa shape index (κ1) is 20.5. The fourth-order valence-electron chi connectivity index (χ4n) is 2.38. The number of nitrogens with zero attached hydrogens (tertiary/aromatic N) is 3. The van der Waals surface area contributed by atoms with E-state index in [0.29, 0.717) is 22.7 Å². The topological polar surface area (TPSA) is 29.6 Å². The largest absolute Gasteiger partial charge is 0.278 e. The van der Waals surface area contributed by atoms with Crippen molar-refractivity contribution in [1.82, 2.24) is 4.57 Å². The van der Waals surface area contributed by atoms with Crippen LogP contribution < -0.4 is 0 Å². The Morgan fingerprint density at radius 3 is 2.16 bits per heavy atom. The van der Waals surface area contributed by atoms with Crippen molar-refractivity contribution < 1.29 is 0 Å². The van der Waals surface area contributed by atoms with Crippen molar-refractivity contribution in [3.05, 3.63) is 59.3 Å². The van der Waals surface area contributed by atoms with Crippen molar-refractivity contribution in [2.45, 2.75) is 27.7 Å². The fourth-order valence-corrected chi connectivity index (χ4v) is 2.38. The molecule has 0 N–H and O–H groups in total. The van der Waals surface area contributed by atoms with E-state index in [1.54, 1.807) is 24.4 Å². The minimum atomic E-state index is 0.410. The summed E-state index contributed by atoms with van der Waals surface area (Å²) in [6, 6.07) is 0. The molecule has 4 radical (unpaired) electrons. The summed E-state index contributed by atoms with van der Waals surface area (Å²) in [6.45, 7) is 15.3. The van der Waals surface area contributed by atoms with Crippen LogP contribution in [0.3, 0.4) is 0 Å². The smallest absolute Gasteiger partial charge is 0.146 e. The summed E-state index contributed by atoms with van der Waals surface area (Å²) in [6.07, 6.45) is 12.6. The van der Waals surface area contributed by atoms with Gasteiger partial charge in [0.15, 0.2) is 0 Å². The zero-order valence-corrected chi connectivity index (χ0v) is 15.5. The Morgan fingerprint density at radius 1 is 1.08 bits per heavy atom. The molecule has 124 valence electrons. The van der Waals surface area contributed by atoms with Gasteiger partial charge in [-0.3, -0.25) is 4.57 Å². The first-order chi connectivity index (χ1) is 11.9. The van der Waals surface area contributed by atoms with Crippen LogP contribution in [0.1, 0.15) is 44.5 Å². The number of hydrogen-bond acceptors (Lipinski definition) is 2. The third-order valence-corrected chi connectivity index (χ3v) is 3.37. The molecule has 0 aliphatic carbocycles. The Morgan fingerprint density at radius 2 is 1.72 bits per heavy atom. The molecule has 0 atom stereocenters. The molecule has 0 aromatic carbocycles. The van der Waals surface area contributed by atoms with E-state index in [1.807, 2.05) is 50.5 Å². The van der Waals surface area contributed by atoms with Crippen LogP contribution in [-0.2, 0) is 0 Å². The fraction of sp³-hybridized carbons (Fsp3) is 0.200. The van der Waals surface area contributed by atoms with Crippen LogP contribution in [0, 0.1) is 0 Å². The number of aromatic nitrogens is 1. The lowest BCUT2D eigenvalue weighted by Crippen LogP contribution is -2.12. The minimum Gasteiger partial charge on any atom is -0.278 e. The minimum absolute atomic E-state index is 0.410. The highest BCUT2D eigenvalue weighted by Gasteiger charge is 2.20. The molecule has 1 aromatic rings. The first-order valence-corrected chi connectivity index (χ1v) is 8.04. The Kier molecular flexibility index (Phi) is 7.93. The molecule has 0 fully saturated rings. The van der Waals surface area contributed by atoms with Gasteiger partial charge in [0.25, 0.3) is 0 Å². The third-order valence-electron chi connectivity index (χ3n) is 3.37. The Hall–Kier alpha value is -2.55. The van der Waals surface area contributed by atoms with Gasteiger partial charge in [0, 0.05) is 17.3 Å². The summed E-state index contributed by atoms with van der Waals surface area (Å²) in [5.41, 5.74) is 3.64. The number of rotatable bonds is 6. The van der Waals surface area contributed by atoms with Gasteiger partial charge in [-0.05, 0) is 38.5 Å². The SMILES string of the molecule is [B]/C(C)=C/c1c(C=C)c(C=C)c(N=CC)n1C(/C=C\C)=N/C([B])=C\C. The summed E-state index contributed by atoms with van der Waals surface area (Å²) in [5, 5.41) is 0. The van der Waals surface area contributed by atoms with Crippen LogP contribution in [0.4, 0.5) is 5.82 Å². The van der Waals surface area contributed by atoms with E-state index in [2.05, 4.69) is 23.1 Å². The van der Waals surface area contributed by atoms with Crippen LogP contribution in [0.2, 0.25) is 0 Å². The van der Waals surface area contributed by atoms with Crippen LogP contribution in [-0.4, -0.2) is 32.3 Å². The summed E-state index contributed by atoms with van der Waals surface area (Å²) >= 11 is 0. The Labute approximate surface area is 153 Å². The highest BCUT2D eigenvalue weighted by molar-refractivity contribution is 6.24. The molecular formula is C20H23B2N3. The lowest BCUT2D eigenvalue weighted by Gasteiger charge is -2.11. The highest BCUT2D eigenvalue weighted by atomic mass is 15.1. The van der Waals surface area contributed by atoms with Gasteiger partial charge in [-0.25, -0.2) is 9.98 Å². The molecule has 0 aliphatic rings. The van der Waals surface area contributed by atoms with Gasteiger partial charge in [-0.1, -0.05) is 44.4 Å². The predicted molar refractivity (Wildman–Crippen MR) is 115 cm³/mol. The lowest BCUT2D eigenvalue weighted by molar-refractivity contribution is 1.12. The van der Waals surface area contributed by atoms with Crippen molar-refractivity contribution in [2.75, 3.05) is 0 Å². The molecule has 1 rings (SSSR count). The molecule has 0 saturated carbocycles. The molecule has 3 nitrogen and oxygen atoms in total. The summed E-state index contributed by atoms with van der Waals surface area (Å²) < 4.78 is 1.90.